The molecular weight excluding hydrogens is 240 g/mol. The molecule has 19 heavy (non-hydrogen) atoms. The van der Waals surface area contributed by atoms with Crippen LogP contribution in [0.2, 0.25) is 0 Å². The first-order chi connectivity index (χ1) is 9.17. The van der Waals surface area contributed by atoms with Crippen molar-refractivity contribution in [3.8, 4) is 0 Å². The quantitative estimate of drug-likeness (QED) is 0.890. The molecule has 1 fully saturated rings. The molecule has 1 aliphatic heterocycles. The first-order valence-electron chi connectivity index (χ1n) is 7.51. The normalized spacial score (nSPS) is 18.7. The van der Waals surface area contributed by atoms with Crippen LogP contribution in [0.3, 0.4) is 0 Å². The van der Waals surface area contributed by atoms with E-state index in [0.29, 0.717) is 5.92 Å². The van der Waals surface area contributed by atoms with E-state index in [1.807, 2.05) is 6.92 Å². The van der Waals surface area contributed by atoms with E-state index in [1.54, 1.807) is 0 Å². The number of aryl methyl sites for hydroxylation is 1. The van der Waals surface area contributed by atoms with E-state index >= 15 is 0 Å². The van der Waals surface area contributed by atoms with Gasteiger partial charge in [-0.25, -0.2) is 0 Å². The fourth-order valence-corrected chi connectivity index (χ4v) is 3.01. The van der Waals surface area contributed by atoms with Crippen LogP contribution >= 0.6 is 0 Å². The average Bonchev–Trinajstić information content (AvgIpc) is 2.77. The maximum atomic E-state index is 9.99. The zero-order chi connectivity index (χ0) is 13.8. The number of aliphatic hydroxyl groups is 1. The van der Waals surface area contributed by atoms with Gasteiger partial charge in [0.25, 0.3) is 0 Å². The Balaban J connectivity index is 2.23. The molecule has 1 unspecified atom stereocenters. The third kappa shape index (κ3) is 3.18. The van der Waals surface area contributed by atoms with Crippen LogP contribution < -0.4 is 0 Å². The fourth-order valence-electron chi connectivity index (χ4n) is 3.01. The number of aliphatic hydroxyl groups excluding tert-OH is 1. The highest BCUT2D eigenvalue weighted by atomic mass is 16.5. The Kier molecular flexibility index (Phi) is 4.99. The van der Waals surface area contributed by atoms with Crippen molar-refractivity contribution in [2.45, 2.75) is 59.1 Å². The second-order valence-electron chi connectivity index (χ2n) is 5.43. The summed E-state index contributed by atoms with van der Waals surface area (Å²) < 4.78 is 7.55. The van der Waals surface area contributed by atoms with E-state index in [1.165, 1.54) is 5.69 Å². The van der Waals surface area contributed by atoms with Crippen molar-refractivity contribution in [3.05, 3.63) is 17.0 Å². The van der Waals surface area contributed by atoms with Gasteiger partial charge in [0.2, 0.25) is 0 Å². The van der Waals surface area contributed by atoms with Crippen molar-refractivity contribution in [1.29, 1.82) is 0 Å². The van der Waals surface area contributed by atoms with Crippen molar-refractivity contribution in [3.63, 3.8) is 0 Å². The van der Waals surface area contributed by atoms with Crippen LogP contribution in [0.15, 0.2) is 0 Å². The molecule has 1 aliphatic rings. The van der Waals surface area contributed by atoms with Gasteiger partial charge in [-0.1, -0.05) is 13.8 Å². The van der Waals surface area contributed by atoms with Crippen LogP contribution in [0, 0.1) is 5.92 Å². The predicted molar refractivity (Wildman–Crippen MR) is 75.2 cm³/mol. The van der Waals surface area contributed by atoms with Crippen LogP contribution in [-0.4, -0.2) is 28.1 Å². The first kappa shape index (κ1) is 14.5. The van der Waals surface area contributed by atoms with Crippen molar-refractivity contribution in [2.75, 3.05) is 13.2 Å². The molecule has 2 heterocycles. The molecule has 0 radical (unpaired) electrons. The molecule has 4 nitrogen and oxygen atoms in total. The van der Waals surface area contributed by atoms with E-state index < -0.39 is 6.10 Å². The standard InChI is InChI=1S/C15H26N2O2/c1-4-13-15(11(3)18)14(5-2)17(16-13)10-12-6-8-19-9-7-12/h11-12,18H,4-10H2,1-3H3. The number of aromatic nitrogens is 2. The van der Waals surface area contributed by atoms with E-state index in [4.69, 9.17) is 9.84 Å². The molecule has 0 amide bonds. The molecule has 0 spiro atoms. The Morgan fingerprint density at radius 2 is 2.00 bits per heavy atom. The van der Waals surface area contributed by atoms with E-state index in [0.717, 1.165) is 56.7 Å². The van der Waals surface area contributed by atoms with Gasteiger partial charge in [-0.3, -0.25) is 4.68 Å². The van der Waals surface area contributed by atoms with Gasteiger partial charge >= 0.3 is 0 Å². The maximum absolute atomic E-state index is 9.99. The van der Waals surface area contributed by atoms with Gasteiger partial charge in [0, 0.05) is 31.0 Å². The molecule has 108 valence electrons. The van der Waals surface area contributed by atoms with E-state index in [2.05, 4.69) is 18.5 Å². The highest BCUT2D eigenvalue weighted by molar-refractivity contribution is 5.28. The smallest absolute Gasteiger partial charge is 0.0798 e. The molecule has 1 atom stereocenters. The molecule has 1 aromatic rings. The zero-order valence-electron chi connectivity index (χ0n) is 12.4. The van der Waals surface area contributed by atoms with Crippen molar-refractivity contribution >= 4 is 0 Å². The number of rotatable bonds is 5. The molecular formula is C15H26N2O2. The third-order valence-electron chi connectivity index (χ3n) is 4.03. The van der Waals surface area contributed by atoms with Gasteiger partial charge in [0.1, 0.15) is 0 Å². The third-order valence-corrected chi connectivity index (χ3v) is 4.03. The average molecular weight is 266 g/mol. The van der Waals surface area contributed by atoms with Gasteiger partial charge in [-0.05, 0) is 38.5 Å². The van der Waals surface area contributed by atoms with Crippen LogP contribution in [0.1, 0.15) is 56.7 Å². The van der Waals surface area contributed by atoms with Gasteiger partial charge in [0.05, 0.1) is 11.8 Å². The largest absolute Gasteiger partial charge is 0.389 e. The monoisotopic (exact) mass is 266 g/mol. The lowest BCUT2D eigenvalue weighted by molar-refractivity contribution is 0.0598. The molecule has 2 rings (SSSR count). The first-order valence-corrected chi connectivity index (χ1v) is 7.51. The summed E-state index contributed by atoms with van der Waals surface area (Å²) >= 11 is 0. The van der Waals surface area contributed by atoms with Gasteiger partial charge < -0.3 is 9.84 Å². The van der Waals surface area contributed by atoms with Gasteiger partial charge in [-0.15, -0.1) is 0 Å². The minimum Gasteiger partial charge on any atom is -0.389 e. The van der Waals surface area contributed by atoms with Crippen LogP contribution in [-0.2, 0) is 24.1 Å². The van der Waals surface area contributed by atoms with Gasteiger partial charge in [0.15, 0.2) is 0 Å². The Bertz CT molecular complexity index is 407. The molecule has 0 saturated carbocycles. The highest BCUT2D eigenvalue weighted by Gasteiger charge is 2.22. The number of ether oxygens (including phenoxy) is 1. The summed E-state index contributed by atoms with van der Waals surface area (Å²) in [5, 5.41) is 14.7. The summed E-state index contributed by atoms with van der Waals surface area (Å²) in [6.45, 7) is 8.80. The Hall–Kier alpha value is -0.870. The van der Waals surface area contributed by atoms with E-state index in [-0.39, 0.29) is 0 Å². The Labute approximate surface area is 115 Å². The fraction of sp³-hybridized carbons (Fsp3) is 0.800. The summed E-state index contributed by atoms with van der Waals surface area (Å²) in [4.78, 5) is 0. The minimum atomic E-state index is -0.423. The summed E-state index contributed by atoms with van der Waals surface area (Å²) in [5.41, 5.74) is 3.31. The summed E-state index contributed by atoms with van der Waals surface area (Å²) in [7, 11) is 0. The molecule has 0 aromatic carbocycles. The molecule has 1 saturated heterocycles. The maximum Gasteiger partial charge on any atom is 0.0798 e. The van der Waals surface area contributed by atoms with E-state index in [9.17, 15) is 5.11 Å². The lowest BCUT2D eigenvalue weighted by Crippen LogP contribution is -2.22. The second kappa shape index (κ2) is 6.53. The molecule has 4 heteroatoms. The van der Waals surface area contributed by atoms with Crippen LogP contribution in [0.5, 0.6) is 0 Å². The van der Waals surface area contributed by atoms with Crippen LogP contribution in [0.25, 0.3) is 0 Å². The lowest BCUT2D eigenvalue weighted by Gasteiger charge is -2.22. The molecule has 0 aliphatic carbocycles. The minimum absolute atomic E-state index is 0.423. The zero-order valence-corrected chi connectivity index (χ0v) is 12.4. The lowest BCUT2D eigenvalue weighted by atomic mass is 10.00. The molecule has 0 bridgehead atoms. The predicted octanol–water partition coefficient (Wildman–Crippen LogP) is 2.49. The van der Waals surface area contributed by atoms with Crippen molar-refractivity contribution < 1.29 is 9.84 Å². The highest BCUT2D eigenvalue weighted by Crippen LogP contribution is 2.25. The number of hydrogen-bond acceptors (Lipinski definition) is 3. The second-order valence-corrected chi connectivity index (χ2v) is 5.43. The summed E-state index contributed by atoms with van der Waals surface area (Å²) in [6, 6.07) is 0. The summed E-state index contributed by atoms with van der Waals surface area (Å²) in [6.07, 6.45) is 3.63. The SMILES string of the molecule is CCc1nn(CC2CCOCC2)c(CC)c1C(C)O. The van der Waals surface area contributed by atoms with Crippen molar-refractivity contribution in [2.24, 2.45) is 5.92 Å². The summed E-state index contributed by atoms with van der Waals surface area (Å²) in [5.74, 6) is 0.658. The molecule has 1 aromatic heterocycles. The Morgan fingerprint density at radius 1 is 1.32 bits per heavy atom. The number of hydrogen-bond donors (Lipinski definition) is 1. The molecule has 1 N–H and O–H groups in total. The topological polar surface area (TPSA) is 47.3 Å². The van der Waals surface area contributed by atoms with Crippen molar-refractivity contribution in [1.82, 2.24) is 9.78 Å². The van der Waals surface area contributed by atoms with Gasteiger partial charge in [-0.2, -0.15) is 5.10 Å². The van der Waals surface area contributed by atoms with Crippen LogP contribution in [0.4, 0.5) is 0 Å². The number of nitrogens with zero attached hydrogens (tertiary/aromatic N) is 2. The Morgan fingerprint density at radius 3 is 2.53 bits per heavy atom.